The molecule has 194 valence electrons. The van der Waals surface area contributed by atoms with Crippen LogP contribution in [0.15, 0.2) is 53.0 Å². The zero-order valence-corrected chi connectivity index (χ0v) is 21.2. The van der Waals surface area contributed by atoms with Gasteiger partial charge in [0, 0.05) is 29.2 Å². The Morgan fingerprint density at radius 3 is 2.44 bits per heavy atom. The zero-order chi connectivity index (χ0) is 25.9. The van der Waals surface area contributed by atoms with E-state index in [4.69, 9.17) is 0 Å². The first kappa shape index (κ1) is 26.6. The number of alkyl halides is 3. The molecule has 4 rings (SSSR count). The van der Waals surface area contributed by atoms with Crippen LogP contribution in [0.5, 0.6) is 0 Å². The van der Waals surface area contributed by atoms with Gasteiger partial charge in [0.1, 0.15) is 0 Å². The summed E-state index contributed by atoms with van der Waals surface area (Å²) in [5, 5.41) is 15.6. The Morgan fingerprint density at radius 2 is 1.75 bits per heavy atom. The van der Waals surface area contributed by atoms with E-state index in [2.05, 4.69) is 49.7 Å². The van der Waals surface area contributed by atoms with Crippen molar-refractivity contribution in [3.63, 3.8) is 0 Å². The number of amides is 2. The summed E-state index contributed by atoms with van der Waals surface area (Å²) in [6.07, 6.45) is -1.14. The number of carbonyl (C=O) groups excluding carboxylic acids is 2. The van der Waals surface area contributed by atoms with Gasteiger partial charge < -0.3 is 15.7 Å². The minimum atomic E-state index is -4.56. The van der Waals surface area contributed by atoms with Crippen molar-refractivity contribution in [3.8, 4) is 0 Å². The maximum atomic E-state index is 12.9. The van der Waals surface area contributed by atoms with Crippen molar-refractivity contribution >= 4 is 27.7 Å². The van der Waals surface area contributed by atoms with E-state index in [0.29, 0.717) is 25.0 Å². The molecule has 2 aromatic rings. The average molecular weight is 568 g/mol. The molecule has 2 aliphatic rings. The van der Waals surface area contributed by atoms with Gasteiger partial charge in [-0.05, 0) is 67.5 Å². The van der Waals surface area contributed by atoms with E-state index in [0.717, 1.165) is 48.4 Å². The minimum Gasteiger partial charge on any atom is -0.390 e. The Morgan fingerprint density at radius 1 is 1.03 bits per heavy atom. The van der Waals surface area contributed by atoms with Crippen LogP contribution in [0, 0.1) is 0 Å². The largest absolute Gasteiger partial charge is 0.416 e. The van der Waals surface area contributed by atoms with Crippen LogP contribution in [0.3, 0.4) is 0 Å². The fraction of sp³-hybridized carbons (Fsp3) is 0.462. The SMILES string of the molecule is O=C(CNC(=O)c1cccc(C(F)(F)F)c1)N[C@H]1CN(C2CCC(c3cccc(Br)c3)CC2)C[C@H]1O. The highest BCUT2D eigenvalue weighted by Gasteiger charge is 2.37. The molecule has 1 saturated heterocycles. The molecule has 0 bridgehead atoms. The predicted molar refractivity (Wildman–Crippen MR) is 132 cm³/mol. The second kappa shape index (κ2) is 11.3. The van der Waals surface area contributed by atoms with E-state index in [1.807, 2.05) is 6.07 Å². The van der Waals surface area contributed by atoms with Crippen molar-refractivity contribution in [1.82, 2.24) is 15.5 Å². The molecular formula is C26H29BrF3N3O3. The molecule has 2 fully saturated rings. The number of rotatable bonds is 6. The third-order valence-electron chi connectivity index (χ3n) is 7.06. The molecule has 2 amide bonds. The molecule has 1 heterocycles. The topological polar surface area (TPSA) is 81.7 Å². The zero-order valence-electron chi connectivity index (χ0n) is 19.6. The second-order valence-corrected chi connectivity index (χ2v) is 10.4. The number of nitrogens with one attached hydrogen (secondary N) is 2. The van der Waals surface area contributed by atoms with Crippen molar-refractivity contribution in [3.05, 3.63) is 69.7 Å². The molecule has 1 saturated carbocycles. The first-order valence-electron chi connectivity index (χ1n) is 12.0. The first-order valence-corrected chi connectivity index (χ1v) is 12.8. The normalized spacial score (nSPS) is 24.9. The molecule has 2 aromatic carbocycles. The monoisotopic (exact) mass is 567 g/mol. The van der Waals surface area contributed by atoms with Crippen molar-refractivity contribution in [2.45, 2.75) is 56.0 Å². The number of hydrogen-bond acceptors (Lipinski definition) is 4. The Hall–Kier alpha value is -2.43. The molecule has 10 heteroatoms. The summed E-state index contributed by atoms with van der Waals surface area (Å²) in [7, 11) is 0. The third kappa shape index (κ3) is 6.66. The lowest BCUT2D eigenvalue weighted by molar-refractivity contribution is -0.137. The number of aliphatic hydroxyl groups is 1. The Balaban J connectivity index is 1.23. The summed E-state index contributed by atoms with van der Waals surface area (Å²) >= 11 is 3.53. The highest BCUT2D eigenvalue weighted by atomic mass is 79.9. The molecule has 1 aliphatic carbocycles. The third-order valence-corrected chi connectivity index (χ3v) is 7.55. The van der Waals surface area contributed by atoms with Gasteiger partial charge in [-0.1, -0.05) is 34.1 Å². The van der Waals surface area contributed by atoms with Gasteiger partial charge in [-0.2, -0.15) is 13.2 Å². The lowest BCUT2D eigenvalue weighted by Crippen LogP contribution is -2.47. The molecule has 0 spiro atoms. The smallest absolute Gasteiger partial charge is 0.390 e. The van der Waals surface area contributed by atoms with Gasteiger partial charge in [0.15, 0.2) is 0 Å². The quantitative estimate of drug-likeness (QED) is 0.491. The molecule has 2 atom stereocenters. The Labute approximate surface area is 216 Å². The highest BCUT2D eigenvalue weighted by Crippen LogP contribution is 2.36. The van der Waals surface area contributed by atoms with Crippen molar-refractivity contribution < 1.29 is 27.9 Å². The second-order valence-electron chi connectivity index (χ2n) is 9.52. The van der Waals surface area contributed by atoms with Crippen LogP contribution >= 0.6 is 15.9 Å². The van der Waals surface area contributed by atoms with Crippen LogP contribution in [0.1, 0.15) is 53.1 Å². The summed E-state index contributed by atoms with van der Waals surface area (Å²) in [4.78, 5) is 26.8. The van der Waals surface area contributed by atoms with Gasteiger partial charge in [0.25, 0.3) is 5.91 Å². The molecule has 0 unspecified atom stereocenters. The fourth-order valence-corrected chi connectivity index (χ4v) is 5.57. The molecular weight excluding hydrogens is 539 g/mol. The van der Waals surface area contributed by atoms with E-state index in [-0.39, 0.29) is 5.56 Å². The van der Waals surface area contributed by atoms with Gasteiger partial charge in [0.05, 0.1) is 24.3 Å². The van der Waals surface area contributed by atoms with E-state index in [1.165, 1.54) is 11.6 Å². The van der Waals surface area contributed by atoms with E-state index < -0.39 is 42.2 Å². The van der Waals surface area contributed by atoms with Crippen LogP contribution in [0.4, 0.5) is 13.2 Å². The van der Waals surface area contributed by atoms with E-state index in [9.17, 15) is 27.9 Å². The molecule has 1 aliphatic heterocycles. The molecule has 3 N–H and O–H groups in total. The van der Waals surface area contributed by atoms with Gasteiger partial charge in [-0.3, -0.25) is 14.5 Å². The first-order chi connectivity index (χ1) is 17.1. The maximum Gasteiger partial charge on any atom is 0.416 e. The van der Waals surface area contributed by atoms with Crippen LogP contribution in [0.25, 0.3) is 0 Å². The summed E-state index contributed by atoms with van der Waals surface area (Å²) in [5.74, 6) is -0.756. The maximum absolute atomic E-state index is 12.9. The van der Waals surface area contributed by atoms with Crippen LogP contribution in [-0.4, -0.2) is 59.6 Å². The lowest BCUT2D eigenvalue weighted by Gasteiger charge is -2.34. The van der Waals surface area contributed by atoms with Gasteiger partial charge in [0.2, 0.25) is 5.91 Å². The average Bonchev–Trinajstić information content (AvgIpc) is 3.22. The lowest BCUT2D eigenvalue weighted by atomic mass is 9.81. The summed E-state index contributed by atoms with van der Waals surface area (Å²) in [5.41, 5.74) is 0.226. The van der Waals surface area contributed by atoms with Crippen molar-refractivity contribution in [1.29, 1.82) is 0 Å². The van der Waals surface area contributed by atoms with Gasteiger partial charge in [-0.25, -0.2) is 0 Å². The van der Waals surface area contributed by atoms with E-state index >= 15 is 0 Å². The number of nitrogens with zero attached hydrogens (tertiary/aromatic N) is 1. The number of β-amino-alcohol motifs (C(OH)–C–C–N with tert-alkyl or cyclic N) is 1. The van der Waals surface area contributed by atoms with Crippen molar-refractivity contribution in [2.75, 3.05) is 19.6 Å². The Kier molecular flexibility index (Phi) is 8.37. The van der Waals surface area contributed by atoms with Gasteiger partial charge >= 0.3 is 6.18 Å². The number of carbonyl (C=O) groups is 2. The number of likely N-dealkylation sites (tertiary alicyclic amines) is 1. The minimum absolute atomic E-state index is 0.178. The number of halogens is 4. The summed E-state index contributed by atoms with van der Waals surface area (Å²) < 4.78 is 39.7. The van der Waals surface area contributed by atoms with Crippen LogP contribution < -0.4 is 10.6 Å². The predicted octanol–water partition coefficient (Wildman–Crippen LogP) is 4.09. The summed E-state index contributed by atoms with van der Waals surface area (Å²) in [6.45, 7) is 0.588. The van der Waals surface area contributed by atoms with E-state index in [1.54, 1.807) is 0 Å². The number of benzene rings is 2. The highest BCUT2D eigenvalue weighted by molar-refractivity contribution is 9.10. The van der Waals surface area contributed by atoms with Crippen LogP contribution in [0.2, 0.25) is 0 Å². The van der Waals surface area contributed by atoms with Gasteiger partial charge in [-0.15, -0.1) is 0 Å². The number of aliphatic hydroxyl groups excluding tert-OH is 1. The fourth-order valence-electron chi connectivity index (χ4n) is 5.15. The van der Waals surface area contributed by atoms with Crippen molar-refractivity contribution in [2.24, 2.45) is 0 Å². The molecule has 6 nitrogen and oxygen atoms in total. The number of hydrogen-bond donors (Lipinski definition) is 3. The molecule has 36 heavy (non-hydrogen) atoms. The standard InChI is InChI=1S/C26H29BrF3N3O3/c27-20-6-2-3-17(12-20)16-7-9-21(10-8-16)33-14-22(23(34)15-33)32-24(35)13-31-25(36)18-4-1-5-19(11-18)26(28,29)30/h1-6,11-12,16,21-23,34H,7-10,13-15H2,(H,31,36)(H,32,35)/t16?,21?,22-,23+/m0/s1. The molecule has 0 radical (unpaired) electrons. The Bertz CT molecular complexity index is 1090. The molecule has 0 aromatic heterocycles. The summed E-state index contributed by atoms with van der Waals surface area (Å²) in [6, 6.07) is 12.3. The van der Waals surface area contributed by atoms with Crippen LogP contribution in [-0.2, 0) is 11.0 Å².